The van der Waals surface area contributed by atoms with Crippen LogP contribution in [0, 0.1) is 0 Å². The summed E-state index contributed by atoms with van der Waals surface area (Å²) >= 11 is -2.26. The molecule has 0 spiro atoms. The standard InChI is InChI=1S/4C2H5NO.2BrH.2Zr/c4*1-2(3)4;;;;/h4*1H3,(H2,3,4);2*1H;;/q;;;;;;2*+3/p-6. The monoisotopic (exact) mass is 570 g/mol. The molecule has 12 heteroatoms. The van der Waals surface area contributed by atoms with E-state index in [0.717, 1.165) is 0 Å². The van der Waals surface area contributed by atoms with Crippen LogP contribution in [0.4, 0.5) is 0 Å². The minimum atomic E-state index is -1.13. The molecule has 0 bridgehead atoms. The number of carbonyl (C=O) groups is 4. The Bertz CT molecular complexity index is 263. The summed E-state index contributed by atoms with van der Waals surface area (Å²) < 4.78 is 10.3. The Kier molecular flexibility index (Phi) is 28.2. The van der Waals surface area contributed by atoms with Crippen molar-refractivity contribution >= 4 is 23.6 Å². The summed E-state index contributed by atoms with van der Waals surface area (Å²) in [4.78, 5) is 40.8. The largest absolute Gasteiger partial charge is 1.00 e. The molecule has 4 N–H and O–H groups in total. The van der Waals surface area contributed by atoms with Gasteiger partial charge in [0, 0.05) is 0 Å². The first-order valence-electron chi connectivity index (χ1n) is 4.82. The van der Waals surface area contributed by atoms with E-state index in [2.05, 4.69) is 13.0 Å². The van der Waals surface area contributed by atoms with Gasteiger partial charge in [0.05, 0.1) is 0 Å². The van der Waals surface area contributed by atoms with Gasteiger partial charge in [-0.1, -0.05) is 0 Å². The molecule has 0 rings (SSSR count). The summed E-state index contributed by atoms with van der Waals surface area (Å²) in [5.41, 5.74) is 0. The van der Waals surface area contributed by atoms with E-state index in [4.69, 9.17) is 0 Å². The minimum absolute atomic E-state index is 0. The quantitative estimate of drug-likeness (QED) is 0.267. The van der Waals surface area contributed by atoms with Gasteiger partial charge in [-0.05, 0) is 0 Å². The molecule has 0 radical (unpaired) electrons. The van der Waals surface area contributed by atoms with Gasteiger partial charge >= 0.3 is 131 Å². The summed E-state index contributed by atoms with van der Waals surface area (Å²) in [6.07, 6.45) is 0. The van der Waals surface area contributed by atoms with Crippen LogP contribution in [0.3, 0.4) is 0 Å². The van der Waals surface area contributed by atoms with Crippen molar-refractivity contribution in [3.8, 4) is 0 Å². The Hall–Kier alpha value is 0.606. The molecular weight excluding hydrogens is 558 g/mol. The third-order valence-electron chi connectivity index (χ3n) is 0.954. The van der Waals surface area contributed by atoms with Crippen molar-refractivity contribution in [1.82, 2.24) is 13.0 Å². The van der Waals surface area contributed by atoms with Gasteiger partial charge in [-0.25, -0.2) is 0 Å². The molecule has 0 aliphatic rings. The maximum absolute atomic E-state index is 10.2. The summed E-state index contributed by atoms with van der Waals surface area (Å²) in [6.45, 7) is 5.73. The summed E-state index contributed by atoms with van der Waals surface area (Å²) in [5.74, 6) is -0.295. The molecular formula is C8H16Br2N4O4Zr2. The number of nitrogens with one attached hydrogen (secondary N) is 4. The Morgan fingerprint density at radius 3 is 0.800 bits per heavy atom. The molecule has 0 unspecified atom stereocenters. The molecule has 0 aromatic carbocycles. The number of hydrogen-bond acceptors (Lipinski definition) is 4. The van der Waals surface area contributed by atoms with E-state index in [1.165, 1.54) is 27.7 Å². The SMILES string of the molecule is CC(=O)[NH][Zr+][NH]C(C)=O.CC(=O)[NH][Zr+][NH]C(C)=O.[Br-].[Br-]. The van der Waals surface area contributed by atoms with E-state index in [1.807, 2.05) is 0 Å². The number of amides is 4. The molecule has 8 nitrogen and oxygen atoms in total. The summed E-state index contributed by atoms with van der Waals surface area (Å²) in [5, 5.41) is 0. The van der Waals surface area contributed by atoms with Crippen molar-refractivity contribution in [1.29, 1.82) is 0 Å². The van der Waals surface area contributed by atoms with Gasteiger partial charge < -0.3 is 34.0 Å². The first-order valence-corrected chi connectivity index (χ1v) is 9.73. The van der Waals surface area contributed by atoms with Gasteiger partial charge in [0.15, 0.2) is 0 Å². The van der Waals surface area contributed by atoms with Crippen LogP contribution >= 0.6 is 0 Å². The maximum Gasteiger partial charge on any atom is -1.00 e. The molecule has 0 atom stereocenters. The van der Waals surface area contributed by atoms with Gasteiger partial charge in [0.1, 0.15) is 0 Å². The molecule has 0 aromatic heterocycles. The Labute approximate surface area is 163 Å². The average molecular weight is 574 g/mol. The van der Waals surface area contributed by atoms with E-state index in [1.54, 1.807) is 0 Å². The van der Waals surface area contributed by atoms with Crippen LogP contribution < -0.4 is 47.0 Å². The van der Waals surface area contributed by atoms with Crippen molar-refractivity contribution < 1.29 is 101 Å². The first-order chi connectivity index (χ1) is 8.25. The number of carbonyl (C=O) groups excluding carboxylic acids is 4. The van der Waals surface area contributed by atoms with Gasteiger partial charge in [-0.2, -0.15) is 0 Å². The molecule has 20 heavy (non-hydrogen) atoms. The van der Waals surface area contributed by atoms with Gasteiger partial charge in [-0.15, -0.1) is 0 Å². The summed E-state index contributed by atoms with van der Waals surface area (Å²) in [6, 6.07) is 0. The van der Waals surface area contributed by atoms with Crippen molar-refractivity contribution in [3.05, 3.63) is 0 Å². The van der Waals surface area contributed by atoms with Crippen LogP contribution in [0.25, 0.3) is 0 Å². The van der Waals surface area contributed by atoms with Crippen LogP contribution in [-0.4, -0.2) is 23.6 Å². The van der Waals surface area contributed by atoms with Gasteiger partial charge in [0.2, 0.25) is 0 Å². The Morgan fingerprint density at radius 2 is 0.700 bits per heavy atom. The fourth-order valence-electron chi connectivity index (χ4n) is 0.415. The van der Waals surface area contributed by atoms with E-state index < -0.39 is 47.6 Å². The fraction of sp³-hybridized carbons (Fsp3) is 0.500. The van der Waals surface area contributed by atoms with Crippen LogP contribution in [-0.2, 0) is 66.8 Å². The zero-order valence-corrected chi connectivity index (χ0v) is 19.5. The second-order valence-electron chi connectivity index (χ2n) is 2.97. The Balaban J connectivity index is -0.000000116. The van der Waals surface area contributed by atoms with Crippen LogP contribution in [0.5, 0.6) is 0 Å². The molecule has 0 aliphatic heterocycles. The summed E-state index contributed by atoms with van der Waals surface area (Å²) in [7, 11) is 0. The van der Waals surface area contributed by atoms with Crippen molar-refractivity contribution in [2.45, 2.75) is 27.7 Å². The molecule has 0 saturated heterocycles. The molecule has 114 valence electrons. The van der Waals surface area contributed by atoms with Crippen molar-refractivity contribution in [2.75, 3.05) is 0 Å². The molecule has 0 aliphatic carbocycles. The van der Waals surface area contributed by atoms with Crippen LogP contribution in [0.15, 0.2) is 0 Å². The van der Waals surface area contributed by atoms with Gasteiger partial charge in [0.25, 0.3) is 0 Å². The second-order valence-corrected chi connectivity index (χ2v) is 6.66. The third kappa shape index (κ3) is 36.3. The minimum Gasteiger partial charge on any atom is -1.00 e. The molecule has 0 fully saturated rings. The van der Waals surface area contributed by atoms with Crippen molar-refractivity contribution in [2.24, 2.45) is 0 Å². The van der Waals surface area contributed by atoms with Crippen LogP contribution in [0.1, 0.15) is 27.7 Å². The average Bonchev–Trinajstić information content (AvgIpc) is 2.15. The normalized spacial score (nSPS) is 6.60. The molecule has 0 heterocycles. The smallest absolute Gasteiger partial charge is 1.00 e. The predicted molar refractivity (Wildman–Crippen MR) is 55.3 cm³/mol. The number of rotatable bonds is 4. The predicted octanol–water partition coefficient (Wildman–Crippen LogP) is -7.65. The van der Waals surface area contributed by atoms with E-state index in [0.29, 0.717) is 0 Å². The molecule has 4 amide bonds. The first kappa shape index (κ1) is 28.7. The number of hydrogen-bond donors (Lipinski definition) is 4. The van der Waals surface area contributed by atoms with E-state index in [9.17, 15) is 19.2 Å². The zero-order valence-electron chi connectivity index (χ0n) is 11.4. The molecule has 0 aromatic rings. The fourth-order valence-corrected chi connectivity index (χ4v) is 2.45. The molecule has 0 saturated carbocycles. The second kappa shape index (κ2) is 19.6. The number of halogens is 2. The maximum atomic E-state index is 10.2. The third-order valence-corrected chi connectivity index (χ3v) is 5.64. The van der Waals surface area contributed by atoms with Gasteiger partial charge in [-0.3, -0.25) is 0 Å². The van der Waals surface area contributed by atoms with Crippen molar-refractivity contribution in [3.63, 3.8) is 0 Å². The van der Waals surface area contributed by atoms with Crippen LogP contribution in [0.2, 0.25) is 0 Å². The Morgan fingerprint density at radius 1 is 0.550 bits per heavy atom. The zero-order chi connectivity index (χ0) is 14.6. The van der Waals surface area contributed by atoms with E-state index in [-0.39, 0.29) is 57.6 Å². The topological polar surface area (TPSA) is 116 Å². The van der Waals surface area contributed by atoms with E-state index >= 15 is 0 Å².